The van der Waals surface area contributed by atoms with E-state index < -0.39 is 0 Å². The van der Waals surface area contributed by atoms with Crippen LogP contribution in [0, 0.1) is 0 Å². The Bertz CT molecular complexity index is 241. The molecule has 11 heavy (non-hydrogen) atoms. The highest BCUT2D eigenvalue weighted by Crippen LogP contribution is 2.00. The van der Waals surface area contributed by atoms with Gasteiger partial charge in [-0.2, -0.15) is 0 Å². The largest absolute Gasteiger partial charge is 0.411 e. The lowest BCUT2D eigenvalue weighted by Crippen LogP contribution is -1.96. The molecule has 0 unspecified atom stereocenters. The van der Waals surface area contributed by atoms with Gasteiger partial charge < -0.3 is 5.21 Å². The molecule has 0 aromatic heterocycles. The molecule has 0 fully saturated rings. The Morgan fingerprint density at radius 2 is 2.00 bits per heavy atom. The van der Waals surface area contributed by atoms with E-state index in [1.54, 1.807) is 6.92 Å². The Hall–Kier alpha value is -1.31. The van der Waals surface area contributed by atoms with Gasteiger partial charge in [0.25, 0.3) is 0 Å². The van der Waals surface area contributed by atoms with Crippen molar-refractivity contribution < 1.29 is 5.21 Å². The smallest absolute Gasteiger partial charge is 0.0583 e. The van der Waals surface area contributed by atoms with Crippen LogP contribution < -0.4 is 0 Å². The molecule has 0 aliphatic heterocycles. The summed E-state index contributed by atoms with van der Waals surface area (Å²) in [6.45, 7) is 1.80. The number of hydrogen-bond donors (Lipinski definition) is 1. The molecule has 1 rings (SSSR count). The fourth-order valence-electron chi connectivity index (χ4n) is 0.927. The van der Waals surface area contributed by atoms with E-state index >= 15 is 0 Å². The lowest BCUT2D eigenvalue weighted by molar-refractivity contribution is 0.317. The topological polar surface area (TPSA) is 32.6 Å². The highest BCUT2D eigenvalue weighted by molar-refractivity contribution is 5.83. The molecular formula is C9H11NO. The molecule has 0 radical (unpaired) electrons. The molecule has 0 bridgehead atoms. The van der Waals surface area contributed by atoms with E-state index in [9.17, 15) is 0 Å². The van der Waals surface area contributed by atoms with Crippen LogP contribution in [0.4, 0.5) is 0 Å². The van der Waals surface area contributed by atoms with Gasteiger partial charge in [0.05, 0.1) is 5.71 Å². The fourth-order valence-corrected chi connectivity index (χ4v) is 0.927. The number of rotatable bonds is 2. The lowest BCUT2D eigenvalue weighted by atomic mass is 10.1. The Morgan fingerprint density at radius 3 is 2.55 bits per heavy atom. The van der Waals surface area contributed by atoms with Crippen LogP contribution >= 0.6 is 0 Å². The van der Waals surface area contributed by atoms with E-state index in [4.69, 9.17) is 5.21 Å². The third kappa shape index (κ3) is 2.42. The average molecular weight is 149 g/mol. The Kier molecular flexibility index (Phi) is 2.66. The van der Waals surface area contributed by atoms with E-state index in [-0.39, 0.29) is 0 Å². The summed E-state index contributed by atoms with van der Waals surface area (Å²) in [5, 5.41) is 11.5. The van der Waals surface area contributed by atoms with Gasteiger partial charge in [0.2, 0.25) is 0 Å². The molecule has 1 N–H and O–H groups in total. The van der Waals surface area contributed by atoms with Gasteiger partial charge in [-0.1, -0.05) is 35.5 Å². The van der Waals surface area contributed by atoms with Gasteiger partial charge in [0.1, 0.15) is 0 Å². The second kappa shape index (κ2) is 3.76. The number of oxime groups is 1. The number of nitrogens with zero attached hydrogens (tertiary/aromatic N) is 1. The molecule has 0 amide bonds. The van der Waals surface area contributed by atoms with Crippen LogP contribution in [0.1, 0.15) is 12.5 Å². The zero-order chi connectivity index (χ0) is 8.10. The second-order valence-corrected chi connectivity index (χ2v) is 2.50. The molecule has 0 aliphatic carbocycles. The minimum absolute atomic E-state index is 0.720. The maximum absolute atomic E-state index is 8.38. The third-order valence-corrected chi connectivity index (χ3v) is 1.47. The third-order valence-electron chi connectivity index (χ3n) is 1.47. The Morgan fingerprint density at radius 1 is 1.36 bits per heavy atom. The minimum Gasteiger partial charge on any atom is -0.411 e. The first-order valence-corrected chi connectivity index (χ1v) is 3.54. The van der Waals surface area contributed by atoms with Crippen LogP contribution in [0.3, 0.4) is 0 Å². The second-order valence-electron chi connectivity index (χ2n) is 2.50. The van der Waals surface area contributed by atoms with Gasteiger partial charge in [-0.3, -0.25) is 0 Å². The van der Waals surface area contributed by atoms with Crippen LogP contribution in [0.5, 0.6) is 0 Å². The van der Waals surface area contributed by atoms with Crippen molar-refractivity contribution in [1.29, 1.82) is 0 Å². The van der Waals surface area contributed by atoms with Crippen LogP contribution in [0.2, 0.25) is 0 Å². The number of benzene rings is 1. The van der Waals surface area contributed by atoms with Gasteiger partial charge >= 0.3 is 0 Å². The molecule has 58 valence electrons. The zero-order valence-corrected chi connectivity index (χ0v) is 6.49. The zero-order valence-electron chi connectivity index (χ0n) is 6.49. The molecule has 0 spiro atoms. The molecular weight excluding hydrogens is 138 g/mol. The molecule has 1 aromatic carbocycles. The summed E-state index contributed by atoms with van der Waals surface area (Å²) >= 11 is 0. The van der Waals surface area contributed by atoms with Gasteiger partial charge in [-0.25, -0.2) is 0 Å². The van der Waals surface area contributed by atoms with Crippen LogP contribution in [-0.2, 0) is 6.42 Å². The first kappa shape index (κ1) is 7.79. The Balaban J connectivity index is 2.65. The first-order valence-electron chi connectivity index (χ1n) is 3.54. The molecule has 0 aliphatic rings. The molecule has 0 saturated heterocycles. The summed E-state index contributed by atoms with van der Waals surface area (Å²) in [7, 11) is 0. The van der Waals surface area contributed by atoms with E-state index in [2.05, 4.69) is 5.16 Å². The predicted octanol–water partition coefficient (Wildman–Crippen LogP) is 2.08. The van der Waals surface area contributed by atoms with Gasteiger partial charge in [0, 0.05) is 6.42 Å². The molecule has 0 heterocycles. The summed E-state index contributed by atoms with van der Waals surface area (Å²) in [4.78, 5) is 0. The lowest BCUT2D eigenvalue weighted by Gasteiger charge is -1.96. The monoisotopic (exact) mass is 149 g/mol. The number of hydrogen-bond acceptors (Lipinski definition) is 2. The van der Waals surface area contributed by atoms with E-state index in [0.717, 1.165) is 12.1 Å². The summed E-state index contributed by atoms with van der Waals surface area (Å²) in [5.41, 5.74) is 1.90. The van der Waals surface area contributed by atoms with Crippen molar-refractivity contribution in [2.75, 3.05) is 0 Å². The van der Waals surface area contributed by atoms with Crippen molar-refractivity contribution in [2.45, 2.75) is 13.3 Å². The van der Waals surface area contributed by atoms with Crippen molar-refractivity contribution in [1.82, 2.24) is 0 Å². The SMILES string of the molecule is C/C(Cc1ccccc1)=N\O. The molecule has 0 atom stereocenters. The van der Waals surface area contributed by atoms with Crippen molar-refractivity contribution in [3.05, 3.63) is 35.9 Å². The molecule has 2 nitrogen and oxygen atoms in total. The van der Waals surface area contributed by atoms with Crippen molar-refractivity contribution >= 4 is 5.71 Å². The normalized spacial score (nSPS) is 11.5. The quantitative estimate of drug-likeness (QED) is 0.389. The molecule has 1 aromatic rings. The van der Waals surface area contributed by atoms with E-state index in [1.807, 2.05) is 30.3 Å². The summed E-state index contributed by atoms with van der Waals surface area (Å²) in [6.07, 6.45) is 0.720. The minimum atomic E-state index is 0.720. The van der Waals surface area contributed by atoms with Gasteiger partial charge in [0.15, 0.2) is 0 Å². The fraction of sp³-hybridized carbons (Fsp3) is 0.222. The first-order chi connectivity index (χ1) is 5.33. The molecule has 2 heteroatoms. The van der Waals surface area contributed by atoms with E-state index in [0.29, 0.717) is 0 Å². The highest BCUT2D eigenvalue weighted by Gasteiger charge is 1.93. The summed E-state index contributed by atoms with van der Waals surface area (Å²) in [6, 6.07) is 9.93. The van der Waals surface area contributed by atoms with Crippen molar-refractivity contribution in [3.63, 3.8) is 0 Å². The standard InChI is InChI=1S/C9H11NO/c1-8(10-11)7-9-5-3-2-4-6-9/h2-6,11H,7H2,1H3/b10-8+. The van der Waals surface area contributed by atoms with E-state index in [1.165, 1.54) is 5.56 Å². The van der Waals surface area contributed by atoms with Crippen LogP contribution in [-0.4, -0.2) is 10.9 Å². The maximum atomic E-state index is 8.38. The summed E-state index contributed by atoms with van der Waals surface area (Å²) < 4.78 is 0. The average Bonchev–Trinajstić information content (AvgIpc) is 2.06. The summed E-state index contributed by atoms with van der Waals surface area (Å²) in [5.74, 6) is 0. The highest BCUT2D eigenvalue weighted by atomic mass is 16.4. The Labute approximate surface area is 66.2 Å². The maximum Gasteiger partial charge on any atom is 0.0583 e. The van der Waals surface area contributed by atoms with Crippen molar-refractivity contribution in [3.8, 4) is 0 Å². The van der Waals surface area contributed by atoms with Gasteiger partial charge in [-0.15, -0.1) is 0 Å². The van der Waals surface area contributed by atoms with Crippen LogP contribution in [0.15, 0.2) is 35.5 Å². The van der Waals surface area contributed by atoms with Crippen molar-refractivity contribution in [2.24, 2.45) is 5.16 Å². The molecule has 0 saturated carbocycles. The predicted molar refractivity (Wildman–Crippen MR) is 45.0 cm³/mol. The van der Waals surface area contributed by atoms with Gasteiger partial charge in [-0.05, 0) is 12.5 Å². The van der Waals surface area contributed by atoms with Crippen LogP contribution in [0.25, 0.3) is 0 Å².